The number of hydrogen-bond acceptors (Lipinski definition) is 14. The molecule has 2 aromatic heterocycles. The zero-order chi connectivity index (χ0) is 46.1. The molecule has 0 unspecified atom stereocenters. The minimum Gasteiger partial charge on any atom is -0.481 e. The molecule has 20 nitrogen and oxygen atoms in total. The van der Waals surface area contributed by atoms with Crippen molar-refractivity contribution in [1.82, 2.24) is 24.9 Å². The number of halogens is 4. The van der Waals surface area contributed by atoms with Crippen molar-refractivity contribution in [3.8, 4) is 11.8 Å². The maximum absolute atomic E-state index is 12.7. The number of nitrogens with one attached hydrogen (secondary N) is 2. The minimum absolute atomic E-state index is 0.0111. The van der Waals surface area contributed by atoms with Crippen LogP contribution in [0.1, 0.15) is 43.7 Å². The van der Waals surface area contributed by atoms with E-state index in [0.29, 0.717) is 45.8 Å². The molecule has 1 aliphatic carbocycles. The summed E-state index contributed by atoms with van der Waals surface area (Å²) in [6.45, 7) is 3.16. The third-order valence-corrected chi connectivity index (χ3v) is 11.6. The minimum atomic E-state index is -4.18. The number of carboxylic acids is 1. The molecule has 3 heterocycles. The van der Waals surface area contributed by atoms with Gasteiger partial charge in [0.2, 0.25) is 11.8 Å². The number of ether oxygens (including phenoxy) is 3. The highest BCUT2D eigenvalue weighted by molar-refractivity contribution is 7.92. The van der Waals surface area contributed by atoms with E-state index in [4.69, 9.17) is 75.5 Å². The van der Waals surface area contributed by atoms with Gasteiger partial charge in [-0.2, -0.15) is 22.9 Å². The quantitative estimate of drug-likeness (QED) is 0.0473. The van der Waals surface area contributed by atoms with Gasteiger partial charge in [0.05, 0.1) is 61.1 Å². The van der Waals surface area contributed by atoms with Crippen LogP contribution in [0.15, 0.2) is 57.7 Å². The van der Waals surface area contributed by atoms with Crippen LogP contribution in [0, 0.1) is 6.92 Å². The molecule has 0 spiro atoms. The molecule has 0 saturated heterocycles. The SMILES string of the molecule is CCOC(=O)/C(Cl)=C/c1cc(N2C(=O)C3=C(CCCC3)C2=O)ccc1Cl.COc1cc(OC)n2nc(S(=O)(=O)Nc3c(Cl)ccc(C)c3Cl)nc2n1.O=C(O)CNCP(=O)(O)O. The van der Waals surface area contributed by atoms with Crippen LogP contribution in [0.3, 0.4) is 0 Å². The normalized spacial score (nSPS) is 14.1. The third-order valence-electron chi connectivity index (χ3n) is 8.39. The maximum atomic E-state index is 12.7. The summed E-state index contributed by atoms with van der Waals surface area (Å²) in [4.78, 5) is 72.3. The number of benzene rings is 2. The highest BCUT2D eigenvalue weighted by atomic mass is 35.5. The fourth-order valence-electron chi connectivity index (χ4n) is 5.56. The van der Waals surface area contributed by atoms with Crippen LogP contribution in [-0.2, 0) is 38.5 Å². The van der Waals surface area contributed by atoms with E-state index in [-0.39, 0.29) is 56.7 Å². The second kappa shape index (κ2) is 21.5. The Kier molecular flexibility index (Phi) is 17.3. The van der Waals surface area contributed by atoms with Crippen molar-refractivity contribution in [2.24, 2.45) is 0 Å². The molecule has 62 heavy (non-hydrogen) atoms. The maximum Gasteiger partial charge on any atom is 0.349 e. The van der Waals surface area contributed by atoms with Crippen LogP contribution in [0.5, 0.6) is 11.8 Å². The largest absolute Gasteiger partial charge is 0.481 e. The molecular weight excluding hydrogens is 943 g/mol. The van der Waals surface area contributed by atoms with Gasteiger partial charge in [-0.05, 0) is 81.0 Å². The third kappa shape index (κ3) is 12.6. The summed E-state index contributed by atoms with van der Waals surface area (Å²) in [5, 5.41) is 14.0. The number of aromatic nitrogens is 4. The number of fused-ring (bicyclic) bond motifs is 1. The zero-order valence-corrected chi connectivity index (χ0v) is 37.8. The number of nitrogens with zero attached hydrogens (tertiary/aromatic N) is 5. The lowest BCUT2D eigenvalue weighted by Crippen LogP contribution is -2.31. The van der Waals surface area contributed by atoms with Gasteiger partial charge in [-0.3, -0.25) is 29.0 Å². The first kappa shape index (κ1) is 49.8. The van der Waals surface area contributed by atoms with Crippen molar-refractivity contribution >= 4 is 111 Å². The Bertz CT molecular complexity index is 2590. The number of imide groups is 1. The van der Waals surface area contributed by atoms with Crippen LogP contribution in [-0.4, -0.2) is 100 Å². The van der Waals surface area contributed by atoms with Gasteiger partial charge in [0.1, 0.15) is 5.03 Å². The van der Waals surface area contributed by atoms with Crippen molar-refractivity contribution in [1.29, 1.82) is 0 Å². The molecule has 0 fully saturated rings. The Labute approximate surface area is 374 Å². The van der Waals surface area contributed by atoms with Crippen LogP contribution in [0.4, 0.5) is 11.4 Å². The van der Waals surface area contributed by atoms with Crippen molar-refractivity contribution < 1.29 is 61.3 Å². The highest BCUT2D eigenvalue weighted by Crippen LogP contribution is 2.38. The summed E-state index contributed by atoms with van der Waals surface area (Å²) in [5.74, 6) is -1.98. The number of sulfonamides is 1. The Morgan fingerprint density at radius 2 is 1.60 bits per heavy atom. The smallest absolute Gasteiger partial charge is 0.349 e. The van der Waals surface area contributed by atoms with E-state index in [1.165, 1.54) is 37.3 Å². The lowest BCUT2D eigenvalue weighted by atomic mass is 9.93. The number of methoxy groups -OCH3 is 2. The second-order valence-corrected chi connectivity index (χ2v) is 17.6. The number of rotatable bonds is 13. The molecule has 2 aromatic carbocycles. The average Bonchev–Trinajstić information content (AvgIpc) is 3.77. The number of esters is 1. The van der Waals surface area contributed by atoms with Gasteiger partial charge in [0.25, 0.3) is 32.8 Å². The summed E-state index contributed by atoms with van der Waals surface area (Å²) >= 11 is 24.3. The van der Waals surface area contributed by atoms with E-state index in [9.17, 15) is 32.2 Å². The van der Waals surface area contributed by atoms with Crippen molar-refractivity contribution in [3.63, 3.8) is 0 Å². The van der Waals surface area contributed by atoms with E-state index in [1.54, 1.807) is 38.1 Å². The fourth-order valence-corrected chi connectivity index (χ4v) is 7.84. The summed E-state index contributed by atoms with van der Waals surface area (Å²) in [6.07, 6.45) is 3.85. The number of carboxylic acid groups (broad SMARTS) is 1. The fraction of sp³-hybridized carbons (Fsp3) is 0.306. The Morgan fingerprint density at radius 3 is 2.16 bits per heavy atom. The monoisotopic (exact) mass is 979 g/mol. The van der Waals surface area contributed by atoms with E-state index in [0.717, 1.165) is 17.4 Å². The molecule has 0 bridgehead atoms. The lowest BCUT2D eigenvalue weighted by molar-refractivity contribution is -0.138. The Morgan fingerprint density at radius 1 is 0.968 bits per heavy atom. The molecule has 5 N–H and O–H groups in total. The van der Waals surface area contributed by atoms with Gasteiger partial charge in [-0.15, -0.1) is 5.10 Å². The number of hydrogen-bond donors (Lipinski definition) is 5. The van der Waals surface area contributed by atoms with Gasteiger partial charge >= 0.3 is 19.5 Å². The molecule has 334 valence electrons. The molecule has 0 saturated carbocycles. The summed E-state index contributed by atoms with van der Waals surface area (Å²) in [6, 6.07) is 9.39. The average molecular weight is 982 g/mol. The Balaban J connectivity index is 0.000000225. The van der Waals surface area contributed by atoms with Crippen LogP contribution in [0.2, 0.25) is 15.1 Å². The molecule has 2 aliphatic rings. The van der Waals surface area contributed by atoms with Gasteiger partial charge in [0, 0.05) is 16.2 Å². The van der Waals surface area contributed by atoms with Crippen molar-refractivity contribution in [3.05, 3.63) is 78.8 Å². The van der Waals surface area contributed by atoms with E-state index in [1.807, 2.05) is 0 Å². The second-order valence-electron chi connectivity index (χ2n) is 12.8. The Hall–Kier alpha value is -4.83. The van der Waals surface area contributed by atoms with Crippen molar-refractivity contribution in [2.45, 2.75) is 44.7 Å². The molecule has 6 rings (SSSR count). The first-order valence-electron chi connectivity index (χ1n) is 17.9. The summed E-state index contributed by atoms with van der Waals surface area (Å²) < 4.78 is 53.9. The molecule has 1 aliphatic heterocycles. The van der Waals surface area contributed by atoms with Crippen LogP contribution in [0.25, 0.3) is 11.9 Å². The van der Waals surface area contributed by atoms with Gasteiger partial charge in [0.15, 0.2) is 0 Å². The van der Waals surface area contributed by atoms with E-state index < -0.39 is 47.5 Å². The van der Waals surface area contributed by atoms with Crippen molar-refractivity contribution in [2.75, 3.05) is 43.3 Å². The van der Waals surface area contributed by atoms with E-state index >= 15 is 0 Å². The summed E-state index contributed by atoms with van der Waals surface area (Å²) in [5.41, 5.74) is 2.75. The highest BCUT2D eigenvalue weighted by Gasteiger charge is 2.39. The standard InChI is InChI=1S/C19H17Cl2NO4.C14H13Cl2N5O4S.C3H8NO5P/c1-2-26-19(25)16(21)10-11-9-12(7-8-15(11)20)22-17(23)13-5-3-4-6-14(13)18(22)24;1-7-4-5-8(15)12(11(7)16)20-26(22,23)14-18-13-17-9(24-2)6-10(25-3)21(13)19-14;5-3(6)1-4-2-10(7,8)9/h7-10H,2-6H2,1H3;4-6,20H,1-3H3;4H,1-2H2,(H,5,6)(H2,7,8,9)/b16-10-;;. The lowest BCUT2D eigenvalue weighted by Gasteiger charge is -2.16. The molecule has 26 heteroatoms. The van der Waals surface area contributed by atoms with Gasteiger partial charge < -0.3 is 29.1 Å². The van der Waals surface area contributed by atoms with Crippen LogP contribution >= 0.6 is 54.0 Å². The molecule has 0 atom stereocenters. The van der Waals surface area contributed by atoms with Gasteiger partial charge in [-0.25, -0.2) is 9.69 Å². The van der Waals surface area contributed by atoms with Gasteiger partial charge in [-0.1, -0.05) is 52.5 Å². The number of anilines is 2. The number of carbonyl (C=O) groups excluding carboxylic acids is 3. The van der Waals surface area contributed by atoms with E-state index in [2.05, 4.69) is 25.1 Å². The topological polar surface area (TPSA) is 278 Å². The first-order chi connectivity index (χ1) is 29.1. The zero-order valence-electron chi connectivity index (χ0n) is 33.0. The number of amides is 2. The molecule has 0 radical (unpaired) electrons. The number of carbonyl (C=O) groups is 4. The predicted octanol–water partition coefficient (Wildman–Crippen LogP) is 5.58. The first-order valence-corrected chi connectivity index (χ1v) is 22.7. The molecular formula is C36H38Cl4N7O13PS. The predicted molar refractivity (Wildman–Crippen MR) is 228 cm³/mol. The molecule has 4 aromatic rings. The van der Waals surface area contributed by atoms with Crippen LogP contribution < -0.4 is 24.4 Å². The number of aryl methyl sites for hydroxylation is 1. The number of aliphatic carboxylic acids is 1. The summed E-state index contributed by atoms with van der Waals surface area (Å²) in [7, 11) is -5.47. The molecule has 2 amide bonds.